The molecule has 0 amide bonds. The summed E-state index contributed by atoms with van der Waals surface area (Å²) in [4.78, 5) is 12.7. The van der Waals surface area contributed by atoms with Crippen molar-refractivity contribution >= 4 is 27.2 Å². The van der Waals surface area contributed by atoms with Gasteiger partial charge in [-0.15, -0.1) is 0 Å². The maximum absolute atomic E-state index is 12.8. The molecule has 1 atom stereocenters. The molecule has 1 fully saturated rings. The summed E-state index contributed by atoms with van der Waals surface area (Å²) < 4.78 is 36.3. The van der Waals surface area contributed by atoms with Crippen LogP contribution in [0.3, 0.4) is 0 Å². The Morgan fingerprint density at radius 1 is 1.44 bits per heavy atom. The molecule has 1 saturated heterocycles. The molecular formula is C17H19ClN2O6S. The summed E-state index contributed by atoms with van der Waals surface area (Å²) in [6.45, 7) is 2.90. The first-order valence-corrected chi connectivity index (χ1v) is 10.6. The Balaban J connectivity index is 2.02. The van der Waals surface area contributed by atoms with E-state index in [1.54, 1.807) is 6.92 Å². The second kappa shape index (κ2) is 7.49. The summed E-state index contributed by atoms with van der Waals surface area (Å²) >= 11 is 6.34. The van der Waals surface area contributed by atoms with E-state index in [2.05, 4.69) is 5.10 Å². The lowest BCUT2D eigenvalue weighted by Gasteiger charge is -2.27. The van der Waals surface area contributed by atoms with Gasteiger partial charge in [-0.1, -0.05) is 11.6 Å². The van der Waals surface area contributed by atoms with E-state index in [0.29, 0.717) is 13.2 Å². The first-order chi connectivity index (χ1) is 12.7. The van der Waals surface area contributed by atoms with E-state index in [0.717, 1.165) is 12.7 Å². The number of halogens is 1. The zero-order valence-corrected chi connectivity index (χ0v) is 16.4. The minimum absolute atomic E-state index is 0.0135. The highest BCUT2D eigenvalue weighted by molar-refractivity contribution is 7.90. The lowest BCUT2D eigenvalue weighted by Crippen LogP contribution is -2.32. The summed E-state index contributed by atoms with van der Waals surface area (Å²) in [5.41, 5.74) is -0.0151. The third-order valence-corrected chi connectivity index (χ3v) is 5.76. The molecule has 1 aromatic heterocycles. The molecule has 2 heterocycles. The molecule has 1 unspecified atom stereocenters. The highest BCUT2D eigenvalue weighted by Gasteiger charge is 2.27. The normalized spacial score (nSPS) is 16.8. The zero-order chi connectivity index (χ0) is 19.8. The van der Waals surface area contributed by atoms with Crippen molar-refractivity contribution in [2.24, 2.45) is 0 Å². The number of hydrogen-bond acceptors (Lipinski definition) is 7. The molecule has 2 aromatic rings. The molecule has 1 N–H and O–H groups in total. The van der Waals surface area contributed by atoms with Crippen molar-refractivity contribution in [2.45, 2.75) is 30.9 Å². The number of ether oxygens (including phenoxy) is 2. The Hall–Kier alpha value is -2.10. The average Bonchev–Trinajstić information content (AvgIpc) is 2.93. The number of rotatable bonds is 7. The van der Waals surface area contributed by atoms with Gasteiger partial charge >= 0.3 is 0 Å². The van der Waals surface area contributed by atoms with Gasteiger partial charge in [0.1, 0.15) is 17.1 Å². The topological polar surface area (TPSA) is 108 Å². The van der Waals surface area contributed by atoms with Crippen LogP contribution in [-0.2, 0) is 21.1 Å². The molecule has 0 saturated carbocycles. The van der Waals surface area contributed by atoms with Crippen LogP contribution in [0, 0.1) is 0 Å². The SMILES string of the molecule is CCn1ncc(C(=O)c2ccc(S(C)(=O)=O)c(OCC3CCO3)c2Cl)c1O. The molecule has 146 valence electrons. The van der Waals surface area contributed by atoms with Crippen molar-refractivity contribution < 1.29 is 27.8 Å². The van der Waals surface area contributed by atoms with E-state index >= 15 is 0 Å². The molecule has 0 aliphatic carbocycles. The molecule has 27 heavy (non-hydrogen) atoms. The monoisotopic (exact) mass is 414 g/mol. The zero-order valence-electron chi connectivity index (χ0n) is 14.8. The Kier molecular flexibility index (Phi) is 5.45. The van der Waals surface area contributed by atoms with E-state index < -0.39 is 15.6 Å². The van der Waals surface area contributed by atoms with Crippen molar-refractivity contribution in [3.8, 4) is 11.6 Å². The van der Waals surface area contributed by atoms with Gasteiger partial charge in [0.2, 0.25) is 11.7 Å². The minimum atomic E-state index is -3.64. The summed E-state index contributed by atoms with van der Waals surface area (Å²) in [5.74, 6) is -0.957. The lowest BCUT2D eigenvalue weighted by molar-refractivity contribution is -0.0724. The fourth-order valence-corrected chi connectivity index (χ4v) is 3.82. The van der Waals surface area contributed by atoms with E-state index in [4.69, 9.17) is 21.1 Å². The lowest BCUT2D eigenvalue weighted by atomic mass is 10.1. The third-order valence-electron chi connectivity index (χ3n) is 4.27. The van der Waals surface area contributed by atoms with Crippen LogP contribution < -0.4 is 4.74 Å². The van der Waals surface area contributed by atoms with Gasteiger partial charge in [-0.2, -0.15) is 5.10 Å². The first-order valence-electron chi connectivity index (χ1n) is 8.30. The van der Waals surface area contributed by atoms with Crippen molar-refractivity contribution in [3.05, 3.63) is 34.5 Å². The van der Waals surface area contributed by atoms with Gasteiger partial charge in [0.05, 0.1) is 17.3 Å². The van der Waals surface area contributed by atoms with Crippen molar-refractivity contribution in [1.82, 2.24) is 9.78 Å². The maximum atomic E-state index is 12.8. The van der Waals surface area contributed by atoms with Gasteiger partial charge in [-0.25, -0.2) is 13.1 Å². The van der Waals surface area contributed by atoms with Crippen LogP contribution in [0.2, 0.25) is 5.02 Å². The van der Waals surface area contributed by atoms with Crippen LogP contribution in [0.4, 0.5) is 0 Å². The van der Waals surface area contributed by atoms with Crippen LogP contribution in [0.1, 0.15) is 29.3 Å². The second-order valence-corrected chi connectivity index (χ2v) is 8.51. The van der Waals surface area contributed by atoms with Gasteiger partial charge in [-0.3, -0.25) is 4.79 Å². The number of carbonyl (C=O) groups is 1. The van der Waals surface area contributed by atoms with Gasteiger partial charge in [0.25, 0.3) is 0 Å². The van der Waals surface area contributed by atoms with Crippen molar-refractivity contribution in [3.63, 3.8) is 0 Å². The largest absolute Gasteiger partial charge is 0.493 e. The van der Waals surface area contributed by atoms with Crippen molar-refractivity contribution in [1.29, 1.82) is 0 Å². The van der Waals surface area contributed by atoms with Crippen molar-refractivity contribution in [2.75, 3.05) is 19.5 Å². The maximum Gasteiger partial charge on any atom is 0.220 e. The third kappa shape index (κ3) is 3.80. The number of nitrogens with zero attached hydrogens (tertiary/aromatic N) is 2. The first kappa shape index (κ1) is 19.7. The molecule has 0 spiro atoms. The Morgan fingerprint density at radius 2 is 2.15 bits per heavy atom. The van der Waals surface area contributed by atoms with Gasteiger partial charge in [0.15, 0.2) is 15.6 Å². The fourth-order valence-electron chi connectivity index (χ4n) is 2.65. The van der Waals surface area contributed by atoms with Gasteiger partial charge < -0.3 is 14.6 Å². The highest BCUT2D eigenvalue weighted by atomic mass is 35.5. The molecule has 1 aliphatic rings. The number of ketones is 1. The molecule has 0 radical (unpaired) electrons. The molecular weight excluding hydrogens is 396 g/mol. The van der Waals surface area contributed by atoms with E-state index in [-0.39, 0.29) is 45.4 Å². The molecule has 0 bridgehead atoms. The number of carbonyl (C=O) groups excluding carboxylic acids is 1. The Bertz CT molecular complexity index is 982. The highest BCUT2D eigenvalue weighted by Crippen LogP contribution is 2.37. The minimum Gasteiger partial charge on any atom is -0.493 e. The molecule has 1 aromatic carbocycles. The van der Waals surface area contributed by atoms with Crippen LogP contribution in [0.15, 0.2) is 23.2 Å². The van der Waals surface area contributed by atoms with E-state index in [9.17, 15) is 18.3 Å². The summed E-state index contributed by atoms with van der Waals surface area (Å²) in [6.07, 6.45) is 2.93. The summed E-state index contributed by atoms with van der Waals surface area (Å²) in [6, 6.07) is 2.57. The number of aromatic hydroxyl groups is 1. The van der Waals surface area contributed by atoms with E-state index in [1.807, 2.05) is 0 Å². The van der Waals surface area contributed by atoms with Crippen LogP contribution in [0.25, 0.3) is 0 Å². The van der Waals surface area contributed by atoms with Gasteiger partial charge in [0, 0.05) is 31.4 Å². The smallest absolute Gasteiger partial charge is 0.220 e. The molecule has 3 rings (SSSR count). The molecule has 8 nitrogen and oxygen atoms in total. The molecule has 10 heteroatoms. The predicted octanol–water partition coefficient (Wildman–Crippen LogP) is 2.06. The predicted molar refractivity (Wildman–Crippen MR) is 97.4 cm³/mol. The van der Waals surface area contributed by atoms with Crippen LogP contribution in [-0.4, -0.2) is 54.7 Å². The van der Waals surface area contributed by atoms with Crippen LogP contribution >= 0.6 is 11.6 Å². The van der Waals surface area contributed by atoms with E-state index in [1.165, 1.54) is 23.0 Å². The number of hydrogen-bond donors (Lipinski definition) is 1. The van der Waals surface area contributed by atoms with Crippen LogP contribution in [0.5, 0.6) is 11.6 Å². The number of benzene rings is 1. The quantitative estimate of drug-likeness (QED) is 0.691. The van der Waals surface area contributed by atoms with Gasteiger partial charge in [-0.05, 0) is 19.1 Å². The fraction of sp³-hybridized carbons (Fsp3) is 0.412. The molecule has 1 aliphatic heterocycles. The second-order valence-electron chi connectivity index (χ2n) is 6.15. The number of sulfone groups is 1. The number of aryl methyl sites for hydroxylation is 1. The summed E-state index contributed by atoms with van der Waals surface area (Å²) in [5, 5.41) is 13.9. The Morgan fingerprint density at radius 3 is 2.67 bits per heavy atom. The average molecular weight is 415 g/mol. The summed E-state index contributed by atoms with van der Waals surface area (Å²) in [7, 11) is -3.64. The number of aromatic nitrogens is 2. The Labute approximate surface area is 161 Å². The standard InChI is InChI=1S/C17H19ClN2O6S/c1-3-20-17(22)12(8-19-20)15(21)11-4-5-13(27(2,23)24)16(14(11)18)26-9-10-6-7-25-10/h4-5,8,10,22H,3,6-7,9H2,1-2H3.